The molecule has 0 atom stereocenters. The second-order valence-corrected chi connectivity index (χ2v) is 12.6. The van der Waals surface area contributed by atoms with Crippen molar-refractivity contribution >= 4 is 48.9 Å². The molecule has 0 saturated carbocycles. The van der Waals surface area contributed by atoms with Crippen LogP contribution in [0.3, 0.4) is 0 Å². The topological polar surface area (TPSA) is 52.0 Å². The first-order valence-corrected chi connectivity index (χ1v) is 15.6. The van der Waals surface area contributed by atoms with Gasteiger partial charge < -0.3 is 4.40 Å². The number of benzene rings is 7. The first-order chi connectivity index (χ1) is 22.7. The van der Waals surface area contributed by atoms with Crippen LogP contribution in [0.1, 0.15) is 33.4 Å². The van der Waals surface area contributed by atoms with Crippen LogP contribution in [0.4, 0.5) is 0 Å². The average molecular weight is 580 g/mol. The van der Waals surface area contributed by atoms with Gasteiger partial charge in [0.25, 0.3) is 0 Å². The fourth-order valence-corrected chi connectivity index (χ4v) is 9.16. The van der Waals surface area contributed by atoms with Crippen LogP contribution in [-0.4, -0.2) is 4.40 Å². The van der Waals surface area contributed by atoms with Crippen LogP contribution in [0.15, 0.2) is 127 Å². The number of hydrogen-bond donors (Lipinski definition) is 0. The van der Waals surface area contributed by atoms with Crippen molar-refractivity contribution in [3.05, 3.63) is 161 Å². The van der Waals surface area contributed by atoms with Crippen molar-refractivity contribution in [3.63, 3.8) is 0 Å². The summed E-state index contributed by atoms with van der Waals surface area (Å²) >= 11 is 0. The van der Waals surface area contributed by atoms with Crippen molar-refractivity contribution in [2.75, 3.05) is 0 Å². The minimum absolute atomic E-state index is 0.561. The van der Waals surface area contributed by atoms with E-state index in [0.29, 0.717) is 11.1 Å². The SMILES string of the molecule is N#Cc1ccc2c3cc4c(c5c6ccc(C#N)cc6n(c2c1)c35)C1(c2ccccc2-c2ccccc21)c1cccc2cccc-4c12. The molecule has 2 aliphatic rings. The molecular weight excluding hydrogens is 558 g/mol. The van der Waals surface area contributed by atoms with E-state index in [1.54, 1.807) is 0 Å². The van der Waals surface area contributed by atoms with Crippen molar-refractivity contribution in [2.45, 2.75) is 5.41 Å². The summed E-state index contributed by atoms with van der Waals surface area (Å²) in [6.07, 6.45) is 0. The Morgan fingerprint density at radius 1 is 0.478 bits per heavy atom. The molecule has 3 nitrogen and oxygen atoms in total. The van der Waals surface area contributed by atoms with Gasteiger partial charge in [0, 0.05) is 21.5 Å². The first kappa shape index (κ1) is 24.0. The molecule has 2 aliphatic carbocycles. The zero-order valence-electron chi connectivity index (χ0n) is 24.5. The number of nitriles is 2. The molecule has 0 radical (unpaired) electrons. The Bertz CT molecular complexity index is 2890. The molecule has 0 saturated heterocycles. The predicted molar refractivity (Wildman–Crippen MR) is 184 cm³/mol. The summed E-state index contributed by atoms with van der Waals surface area (Å²) in [6, 6.07) is 50.6. The third-order valence-corrected chi connectivity index (χ3v) is 10.7. The molecule has 46 heavy (non-hydrogen) atoms. The molecule has 7 aromatic carbocycles. The maximum atomic E-state index is 10.00. The average Bonchev–Trinajstić information content (AvgIpc) is 3.73. The fourth-order valence-electron chi connectivity index (χ4n) is 9.16. The molecule has 0 unspecified atom stereocenters. The lowest BCUT2D eigenvalue weighted by Gasteiger charge is -2.40. The van der Waals surface area contributed by atoms with Gasteiger partial charge >= 0.3 is 0 Å². The van der Waals surface area contributed by atoms with Gasteiger partial charge in [-0.3, -0.25) is 0 Å². The summed E-state index contributed by atoms with van der Waals surface area (Å²) in [5.74, 6) is 0. The van der Waals surface area contributed by atoms with Gasteiger partial charge in [-0.1, -0.05) is 97.1 Å². The molecule has 0 fully saturated rings. The van der Waals surface area contributed by atoms with Crippen LogP contribution in [-0.2, 0) is 5.41 Å². The summed E-state index contributed by atoms with van der Waals surface area (Å²) in [4.78, 5) is 0. The normalized spacial score (nSPS) is 13.8. The van der Waals surface area contributed by atoms with Crippen LogP contribution >= 0.6 is 0 Å². The van der Waals surface area contributed by atoms with E-state index in [1.807, 2.05) is 24.3 Å². The Kier molecular flexibility index (Phi) is 4.16. The molecule has 208 valence electrons. The molecule has 1 spiro atoms. The highest BCUT2D eigenvalue weighted by Crippen LogP contribution is 2.64. The minimum Gasteiger partial charge on any atom is -0.308 e. The highest BCUT2D eigenvalue weighted by molar-refractivity contribution is 6.28. The number of rotatable bonds is 0. The maximum absolute atomic E-state index is 10.00. The summed E-state index contributed by atoms with van der Waals surface area (Å²) < 4.78 is 2.30. The third kappa shape index (κ3) is 2.51. The Labute approximate surface area is 263 Å². The molecule has 2 aromatic heterocycles. The Hall–Kier alpha value is -6.42. The largest absolute Gasteiger partial charge is 0.308 e. The van der Waals surface area contributed by atoms with Crippen LogP contribution in [0.25, 0.3) is 71.1 Å². The molecule has 11 rings (SSSR count). The summed E-state index contributed by atoms with van der Waals surface area (Å²) in [6.45, 7) is 0. The Morgan fingerprint density at radius 3 is 1.76 bits per heavy atom. The minimum atomic E-state index is -0.561. The number of nitrogens with zero attached hydrogens (tertiary/aromatic N) is 3. The maximum Gasteiger partial charge on any atom is 0.0992 e. The third-order valence-electron chi connectivity index (χ3n) is 10.7. The predicted octanol–water partition coefficient (Wildman–Crippen LogP) is 10.1. The van der Waals surface area contributed by atoms with Gasteiger partial charge in [0.15, 0.2) is 0 Å². The summed E-state index contributed by atoms with van der Waals surface area (Å²) in [7, 11) is 0. The van der Waals surface area contributed by atoms with Gasteiger partial charge in [-0.2, -0.15) is 10.5 Å². The molecule has 9 aromatic rings. The van der Waals surface area contributed by atoms with Crippen LogP contribution in [0.2, 0.25) is 0 Å². The second-order valence-electron chi connectivity index (χ2n) is 12.6. The van der Waals surface area contributed by atoms with E-state index in [-0.39, 0.29) is 0 Å². The lowest BCUT2D eigenvalue weighted by atomic mass is 9.60. The van der Waals surface area contributed by atoms with Crippen molar-refractivity contribution in [1.82, 2.24) is 4.40 Å². The molecule has 0 N–H and O–H groups in total. The van der Waals surface area contributed by atoms with Crippen molar-refractivity contribution in [1.29, 1.82) is 10.5 Å². The highest BCUT2D eigenvalue weighted by atomic mass is 14.9. The van der Waals surface area contributed by atoms with E-state index >= 15 is 0 Å². The highest BCUT2D eigenvalue weighted by Gasteiger charge is 2.51. The van der Waals surface area contributed by atoms with E-state index in [1.165, 1.54) is 60.7 Å². The van der Waals surface area contributed by atoms with Gasteiger partial charge in [0.2, 0.25) is 0 Å². The Morgan fingerprint density at radius 2 is 1.07 bits per heavy atom. The van der Waals surface area contributed by atoms with Gasteiger partial charge in [0.1, 0.15) is 0 Å². The molecule has 3 heteroatoms. The van der Waals surface area contributed by atoms with Gasteiger partial charge in [-0.15, -0.1) is 0 Å². The van der Waals surface area contributed by atoms with E-state index in [9.17, 15) is 10.5 Å². The Balaban J connectivity index is 1.50. The summed E-state index contributed by atoms with van der Waals surface area (Å²) in [5, 5.41) is 27.0. The first-order valence-electron chi connectivity index (χ1n) is 15.6. The molecule has 0 aliphatic heterocycles. The molecular formula is C43H21N3. The van der Waals surface area contributed by atoms with E-state index in [2.05, 4.69) is 120 Å². The molecule has 0 bridgehead atoms. The van der Waals surface area contributed by atoms with Crippen LogP contribution in [0, 0.1) is 22.7 Å². The van der Waals surface area contributed by atoms with E-state index < -0.39 is 5.41 Å². The smallest absolute Gasteiger partial charge is 0.0992 e. The lowest BCUT2D eigenvalue weighted by molar-refractivity contribution is 0.782. The number of hydrogen-bond acceptors (Lipinski definition) is 2. The monoisotopic (exact) mass is 579 g/mol. The van der Waals surface area contributed by atoms with Gasteiger partial charge in [-0.25, -0.2) is 0 Å². The molecule has 2 heterocycles. The standard InChI is InChI=1S/C43H21N3/c44-22-24-15-17-29-33-21-32-30-11-5-7-26-8-6-14-36(39(26)30)43(34-12-3-1-9-27(34)28-10-2-4-13-35(28)43)41(32)40-31-18-16-25(23-45)20-38(31)46(42(33)40)37(29)19-24/h1-21H. The van der Waals surface area contributed by atoms with Gasteiger partial charge in [0.05, 0.1) is 45.2 Å². The van der Waals surface area contributed by atoms with Crippen molar-refractivity contribution < 1.29 is 0 Å². The van der Waals surface area contributed by atoms with E-state index in [0.717, 1.165) is 32.7 Å². The van der Waals surface area contributed by atoms with E-state index in [4.69, 9.17) is 0 Å². The number of aromatic nitrogens is 1. The quantitative estimate of drug-likeness (QED) is 0.179. The number of fused-ring (bicyclic) bond motifs is 16. The molecule has 0 amide bonds. The summed E-state index contributed by atoms with van der Waals surface area (Å²) in [5.41, 5.74) is 14.0. The zero-order chi connectivity index (χ0) is 30.3. The second kappa shape index (κ2) is 7.99. The zero-order valence-corrected chi connectivity index (χ0v) is 24.5. The van der Waals surface area contributed by atoms with Crippen LogP contribution < -0.4 is 0 Å². The van der Waals surface area contributed by atoms with Crippen molar-refractivity contribution in [3.8, 4) is 34.4 Å². The van der Waals surface area contributed by atoms with Crippen molar-refractivity contribution in [2.24, 2.45) is 0 Å². The van der Waals surface area contributed by atoms with Crippen LogP contribution in [0.5, 0.6) is 0 Å². The lowest BCUT2D eigenvalue weighted by Crippen LogP contribution is -2.32. The van der Waals surface area contributed by atoms with Gasteiger partial charge in [-0.05, 0) is 85.6 Å². The fraction of sp³-hybridized carbons (Fsp3) is 0.0233.